The van der Waals surface area contributed by atoms with Gasteiger partial charge in [0.2, 0.25) is 0 Å². The second-order valence-corrected chi connectivity index (χ2v) is 5.71. The molecule has 3 aromatic rings. The predicted molar refractivity (Wildman–Crippen MR) is 95.8 cm³/mol. The topological polar surface area (TPSA) is 0 Å². The van der Waals surface area contributed by atoms with Crippen molar-refractivity contribution in [3.63, 3.8) is 0 Å². The average Bonchev–Trinajstić information content (AvgIpc) is 2.53. The molecule has 0 heterocycles. The Bertz CT molecular complexity index is 719. The first-order chi connectivity index (χ1) is 10.7. The van der Waals surface area contributed by atoms with Crippen molar-refractivity contribution in [3.05, 3.63) is 107 Å². The maximum Gasteiger partial charge on any atom is -0.0105 e. The van der Waals surface area contributed by atoms with Gasteiger partial charge in [0.15, 0.2) is 0 Å². The van der Waals surface area contributed by atoms with Gasteiger partial charge in [0.05, 0.1) is 0 Å². The number of hydrogen-bond acceptors (Lipinski definition) is 0. The van der Waals surface area contributed by atoms with Gasteiger partial charge in [-0.3, -0.25) is 0 Å². The molecule has 0 aliphatic heterocycles. The molecule has 0 bridgehead atoms. The van der Waals surface area contributed by atoms with Crippen LogP contribution in [-0.4, -0.2) is 0 Å². The van der Waals surface area contributed by atoms with E-state index in [1.165, 1.54) is 33.4 Å². The zero-order chi connectivity index (χ0) is 15.4. The highest BCUT2D eigenvalue weighted by Gasteiger charge is 2.05. The molecule has 0 amide bonds. The molecule has 0 spiro atoms. The monoisotopic (exact) mass is 284 g/mol. The smallest absolute Gasteiger partial charge is 0.0105 e. The van der Waals surface area contributed by atoms with Gasteiger partial charge in [-0.15, -0.1) is 0 Å². The summed E-state index contributed by atoms with van der Waals surface area (Å²) in [7, 11) is 0. The minimum absolute atomic E-state index is 1.24. The van der Waals surface area contributed by atoms with Crippen molar-refractivity contribution in [1.29, 1.82) is 0 Å². The van der Waals surface area contributed by atoms with Crippen LogP contribution >= 0.6 is 0 Å². The quantitative estimate of drug-likeness (QED) is 0.526. The summed E-state index contributed by atoms with van der Waals surface area (Å²) in [5, 5.41) is 0. The molecule has 0 radical (unpaired) electrons. The highest BCUT2D eigenvalue weighted by atomic mass is 14.1. The van der Waals surface area contributed by atoms with Crippen molar-refractivity contribution in [3.8, 4) is 0 Å². The van der Waals surface area contributed by atoms with E-state index < -0.39 is 0 Å². The Morgan fingerprint density at radius 3 is 1.55 bits per heavy atom. The van der Waals surface area contributed by atoms with E-state index in [4.69, 9.17) is 0 Å². The third-order valence-electron chi connectivity index (χ3n) is 3.72. The molecule has 0 atom stereocenters. The molecular formula is C22H20. The summed E-state index contributed by atoms with van der Waals surface area (Å²) >= 11 is 0. The Labute approximate surface area is 132 Å². The van der Waals surface area contributed by atoms with Crippen LogP contribution in [0.4, 0.5) is 0 Å². The molecule has 0 heteroatoms. The van der Waals surface area contributed by atoms with Crippen molar-refractivity contribution < 1.29 is 0 Å². The zero-order valence-electron chi connectivity index (χ0n) is 13.1. The highest BCUT2D eigenvalue weighted by Crippen LogP contribution is 2.26. The van der Waals surface area contributed by atoms with E-state index >= 15 is 0 Å². The van der Waals surface area contributed by atoms with Gasteiger partial charge in [0, 0.05) is 0 Å². The summed E-state index contributed by atoms with van der Waals surface area (Å²) in [6, 6.07) is 27.8. The second kappa shape index (κ2) is 6.44. The lowest BCUT2D eigenvalue weighted by Gasteiger charge is -2.10. The fraction of sp³-hybridized carbons (Fsp3) is 0.0909. The van der Waals surface area contributed by atoms with Gasteiger partial charge in [-0.05, 0) is 42.2 Å². The van der Waals surface area contributed by atoms with Gasteiger partial charge >= 0.3 is 0 Å². The Balaban J connectivity index is 2.15. The Morgan fingerprint density at radius 1 is 0.636 bits per heavy atom. The van der Waals surface area contributed by atoms with E-state index in [-0.39, 0.29) is 0 Å². The largest absolute Gasteiger partial charge is 0.0622 e. The van der Waals surface area contributed by atoms with E-state index in [2.05, 4.69) is 98.8 Å². The molecule has 108 valence electrons. The van der Waals surface area contributed by atoms with Crippen LogP contribution in [0.3, 0.4) is 0 Å². The van der Waals surface area contributed by atoms with Gasteiger partial charge < -0.3 is 0 Å². The van der Waals surface area contributed by atoms with Crippen LogP contribution < -0.4 is 0 Å². The van der Waals surface area contributed by atoms with E-state index in [1.54, 1.807) is 0 Å². The van der Waals surface area contributed by atoms with E-state index in [0.29, 0.717) is 0 Å². The van der Waals surface area contributed by atoms with E-state index in [9.17, 15) is 0 Å². The molecule has 0 nitrogen and oxygen atoms in total. The van der Waals surface area contributed by atoms with Gasteiger partial charge in [-0.25, -0.2) is 0 Å². The first-order valence-corrected chi connectivity index (χ1v) is 7.63. The normalized spacial score (nSPS) is 10.3. The summed E-state index contributed by atoms with van der Waals surface area (Å²) in [5.41, 5.74) is 7.59. The van der Waals surface area contributed by atoms with Crippen molar-refractivity contribution in [2.45, 2.75) is 13.8 Å². The van der Waals surface area contributed by atoms with Gasteiger partial charge in [0.1, 0.15) is 0 Å². The third kappa shape index (κ3) is 3.35. The van der Waals surface area contributed by atoms with Gasteiger partial charge in [0.25, 0.3) is 0 Å². The van der Waals surface area contributed by atoms with Crippen molar-refractivity contribution in [2.75, 3.05) is 0 Å². The molecule has 0 unspecified atom stereocenters. The summed E-state index contributed by atoms with van der Waals surface area (Å²) in [6.07, 6.45) is 2.28. The highest BCUT2D eigenvalue weighted by molar-refractivity contribution is 5.91. The van der Waals surface area contributed by atoms with Crippen LogP contribution in [-0.2, 0) is 0 Å². The van der Waals surface area contributed by atoms with Crippen LogP contribution in [0.15, 0.2) is 78.9 Å². The van der Waals surface area contributed by atoms with Crippen LogP contribution in [0, 0.1) is 13.8 Å². The molecule has 0 aliphatic rings. The lowest BCUT2D eigenvalue weighted by atomic mass is 9.95. The zero-order valence-corrected chi connectivity index (χ0v) is 13.1. The maximum atomic E-state index is 2.28. The fourth-order valence-corrected chi connectivity index (χ4v) is 2.83. The molecule has 0 saturated carbocycles. The predicted octanol–water partition coefficient (Wildman–Crippen LogP) is 5.89. The first-order valence-electron chi connectivity index (χ1n) is 7.63. The lowest BCUT2D eigenvalue weighted by Crippen LogP contribution is -1.89. The van der Waals surface area contributed by atoms with Gasteiger partial charge in [-0.1, -0.05) is 90.0 Å². The molecule has 22 heavy (non-hydrogen) atoms. The number of benzene rings is 3. The Hall–Kier alpha value is -2.60. The van der Waals surface area contributed by atoms with Crippen LogP contribution in [0.25, 0.3) is 11.6 Å². The van der Waals surface area contributed by atoms with Crippen LogP contribution in [0.1, 0.15) is 27.8 Å². The van der Waals surface area contributed by atoms with Gasteiger partial charge in [-0.2, -0.15) is 0 Å². The van der Waals surface area contributed by atoms with Crippen molar-refractivity contribution >= 4 is 11.6 Å². The lowest BCUT2D eigenvalue weighted by molar-refractivity contribution is 1.37. The summed E-state index contributed by atoms with van der Waals surface area (Å²) in [5.74, 6) is 0. The summed E-state index contributed by atoms with van der Waals surface area (Å²) in [4.78, 5) is 0. The molecule has 0 N–H and O–H groups in total. The Kier molecular flexibility index (Phi) is 4.20. The summed E-state index contributed by atoms with van der Waals surface area (Å²) in [6.45, 7) is 4.30. The third-order valence-corrected chi connectivity index (χ3v) is 3.72. The van der Waals surface area contributed by atoms with Crippen LogP contribution in [0.5, 0.6) is 0 Å². The molecule has 0 aromatic heterocycles. The standard InChI is InChI=1S/C22H20/c1-17-13-18(2)15-19(14-17)16-22(20-9-5-3-6-10-20)21-11-7-4-8-12-21/h3-16H,1-2H3. The number of aryl methyl sites for hydroxylation is 2. The molecule has 3 aromatic carbocycles. The number of hydrogen-bond donors (Lipinski definition) is 0. The van der Waals surface area contributed by atoms with Crippen LogP contribution in [0.2, 0.25) is 0 Å². The molecule has 3 rings (SSSR count). The number of rotatable bonds is 3. The van der Waals surface area contributed by atoms with Crippen molar-refractivity contribution in [1.82, 2.24) is 0 Å². The molecular weight excluding hydrogens is 264 g/mol. The molecule has 0 aliphatic carbocycles. The average molecular weight is 284 g/mol. The SMILES string of the molecule is Cc1cc(C)cc(C=C(c2ccccc2)c2ccccc2)c1. The first kappa shape index (κ1) is 14.3. The fourth-order valence-electron chi connectivity index (χ4n) is 2.83. The Morgan fingerprint density at radius 2 is 1.09 bits per heavy atom. The summed E-state index contributed by atoms with van der Waals surface area (Å²) < 4.78 is 0. The minimum Gasteiger partial charge on any atom is -0.0622 e. The maximum absolute atomic E-state index is 2.28. The second-order valence-electron chi connectivity index (χ2n) is 5.71. The van der Waals surface area contributed by atoms with E-state index in [1.807, 2.05) is 0 Å². The minimum atomic E-state index is 1.24. The van der Waals surface area contributed by atoms with Crippen molar-refractivity contribution in [2.24, 2.45) is 0 Å². The molecule has 0 saturated heterocycles. The van der Waals surface area contributed by atoms with E-state index in [0.717, 1.165) is 0 Å². The molecule has 0 fully saturated rings.